The molecule has 37 heavy (non-hydrogen) atoms. The van der Waals surface area contributed by atoms with Gasteiger partial charge in [-0.1, -0.05) is 19.3 Å². The predicted octanol–water partition coefficient (Wildman–Crippen LogP) is 10.8. The zero-order valence-electron chi connectivity index (χ0n) is 22.2. The summed E-state index contributed by atoms with van der Waals surface area (Å²) in [7, 11) is 12.3. The van der Waals surface area contributed by atoms with Crippen molar-refractivity contribution in [2.24, 2.45) is 0 Å². The summed E-state index contributed by atoms with van der Waals surface area (Å²) in [5.74, 6) is 0. The second kappa shape index (κ2) is 14.4. The number of benzene rings is 2. The summed E-state index contributed by atoms with van der Waals surface area (Å²) in [5.41, 5.74) is 8.55. The molecule has 0 spiro atoms. The number of allylic oxidation sites excluding steroid dienone is 1. The summed E-state index contributed by atoms with van der Waals surface area (Å²) in [6, 6.07) is 18.7. The zero-order valence-corrected chi connectivity index (χ0v) is 26.5. The molecule has 202 valence electrons. The molecule has 0 aromatic heterocycles. The molecular weight excluding hydrogens is 599 g/mol. The van der Waals surface area contributed by atoms with Crippen LogP contribution in [-0.2, 0) is 13.5 Å². The van der Waals surface area contributed by atoms with Gasteiger partial charge in [-0.2, -0.15) is 0 Å². The van der Waals surface area contributed by atoms with Gasteiger partial charge in [0.15, 0.2) is 0 Å². The number of rotatable bonds is 4. The van der Waals surface area contributed by atoms with Crippen LogP contribution >= 0.6 is 27.3 Å². The van der Waals surface area contributed by atoms with Gasteiger partial charge in [0.1, 0.15) is 0 Å². The maximum atomic E-state index is 6.19. The number of fused-ring (bicyclic) bond motifs is 1. The van der Waals surface area contributed by atoms with Gasteiger partial charge >= 0.3 is 120 Å². The third-order valence-electron chi connectivity index (χ3n) is 9.19. The Bertz CT molecular complexity index is 1010. The molecule has 0 nitrogen and oxygen atoms in total. The quantitative estimate of drug-likeness (QED) is 0.230. The van der Waals surface area contributed by atoms with Gasteiger partial charge in [-0.3, -0.25) is 0 Å². The van der Waals surface area contributed by atoms with Gasteiger partial charge in [0, 0.05) is 7.92 Å². The molecule has 0 unspecified atom stereocenters. The first-order valence-corrected chi connectivity index (χ1v) is 21.9. The summed E-state index contributed by atoms with van der Waals surface area (Å²) in [6.07, 6.45) is 25.9. The maximum absolute atomic E-state index is 6.19. The van der Waals surface area contributed by atoms with Crippen LogP contribution in [0, 0.1) is 0 Å². The Labute approximate surface area is 239 Å². The summed E-state index contributed by atoms with van der Waals surface area (Å²) < 4.78 is 1.12. The average Bonchev–Trinajstić information content (AvgIpc) is 3.36. The topological polar surface area (TPSA) is 0 Å². The van der Waals surface area contributed by atoms with Crippen LogP contribution in [0.2, 0.25) is 0 Å². The van der Waals surface area contributed by atoms with Gasteiger partial charge in [0.05, 0.1) is 17.0 Å². The van der Waals surface area contributed by atoms with Crippen molar-refractivity contribution in [3.05, 3.63) is 77.4 Å². The van der Waals surface area contributed by atoms with Crippen molar-refractivity contribution in [3.8, 4) is 0 Å². The van der Waals surface area contributed by atoms with Crippen molar-refractivity contribution in [3.63, 3.8) is 0 Å². The molecule has 0 amide bonds. The molecule has 4 heteroatoms. The van der Waals surface area contributed by atoms with E-state index in [0.717, 1.165) is 4.11 Å². The zero-order chi connectivity index (χ0) is 25.5. The summed E-state index contributed by atoms with van der Waals surface area (Å²) >= 11 is -1.88. The summed E-state index contributed by atoms with van der Waals surface area (Å²) in [5, 5.41) is 0. The Hall–Kier alpha value is -0.317. The molecule has 3 fully saturated rings. The fourth-order valence-corrected chi connectivity index (χ4v) is 15.2. The van der Waals surface area contributed by atoms with E-state index in [2.05, 4.69) is 36.4 Å². The van der Waals surface area contributed by atoms with Crippen molar-refractivity contribution in [2.75, 3.05) is 0 Å². The van der Waals surface area contributed by atoms with E-state index in [1.165, 1.54) is 39.2 Å². The van der Waals surface area contributed by atoms with E-state index in [1.807, 2.05) is 24.3 Å². The number of halogens is 2. The standard InChI is InChI=1S/C18H33P.C15H10.2ClH.Ru/c1-4-10-16(11-5-1)19(17-12-6-2-7-13-17)18-14-8-3-9-15-18;1-2-6-12(7-3-1)15-11-10-13-8-4-5-9-14(13)15;;;/h16-18H,1-15H2;1-9,11H;2*1H;/q;;;;+2/p-1. The van der Waals surface area contributed by atoms with Crippen LogP contribution in [0.15, 0.2) is 60.7 Å². The second-order valence-corrected chi connectivity index (χ2v) is 20.8. The Kier molecular flexibility index (Phi) is 10.9. The average molecular weight is 644 g/mol. The van der Waals surface area contributed by atoms with E-state index in [0.29, 0.717) is 0 Å². The van der Waals surface area contributed by atoms with Gasteiger partial charge in [-0.25, -0.2) is 0 Å². The Balaban J connectivity index is 0.000000152. The van der Waals surface area contributed by atoms with Gasteiger partial charge in [0.25, 0.3) is 0 Å². The summed E-state index contributed by atoms with van der Waals surface area (Å²) in [6.45, 7) is 0. The molecule has 0 saturated heterocycles. The van der Waals surface area contributed by atoms with E-state index in [-0.39, 0.29) is 7.92 Å². The third-order valence-corrected chi connectivity index (χ3v) is 16.9. The first-order valence-electron chi connectivity index (χ1n) is 14.8. The van der Waals surface area contributed by atoms with Crippen molar-refractivity contribution in [2.45, 2.75) is 113 Å². The monoisotopic (exact) mass is 643 g/mol. The normalized spacial score (nSPS) is 21.8. The van der Waals surface area contributed by atoms with Gasteiger partial charge in [-0.15, -0.1) is 0 Å². The van der Waals surface area contributed by atoms with Crippen LogP contribution in [0.4, 0.5) is 0 Å². The van der Waals surface area contributed by atoms with E-state index in [1.54, 1.807) is 96.3 Å². The Morgan fingerprint density at radius 1 is 0.541 bits per heavy atom. The first-order chi connectivity index (χ1) is 18.2. The van der Waals surface area contributed by atoms with Crippen LogP contribution in [-0.4, -0.2) is 21.1 Å². The van der Waals surface area contributed by atoms with Crippen LogP contribution in [0.25, 0.3) is 5.57 Å². The Morgan fingerprint density at radius 2 is 0.973 bits per heavy atom. The number of hydrogen-bond donors (Lipinski definition) is 0. The van der Waals surface area contributed by atoms with Crippen LogP contribution in [0.5, 0.6) is 0 Å². The van der Waals surface area contributed by atoms with E-state index in [4.69, 9.17) is 19.4 Å². The van der Waals surface area contributed by atoms with Gasteiger partial charge in [-0.05, 0) is 77.0 Å². The minimum atomic E-state index is -1.88. The van der Waals surface area contributed by atoms with Gasteiger partial charge < -0.3 is 0 Å². The fourth-order valence-electron chi connectivity index (χ4n) is 7.47. The molecule has 4 aliphatic carbocycles. The summed E-state index contributed by atoms with van der Waals surface area (Å²) in [4.78, 5) is 0. The molecule has 0 N–H and O–H groups in total. The van der Waals surface area contributed by atoms with Crippen molar-refractivity contribution >= 4 is 37.0 Å². The van der Waals surface area contributed by atoms with Crippen molar-refractivity contribution in [1.29, 1.82) is 0 Å². The van der Waals surface area contributed by atoms with Crippen molar-refractivity contribution < 1.29 is 13.5 Å². The second-order valence-electron chi connectivity index (χ2n) is 11.5. The number of hydrogen-bond acceptors (Lipinski definition) is 0. The SMILES string of the molecule is C1CCC([PH+](C2CCCCC2)C2CCCCC2)CC1.[Cl][Ru]([Cl])=[C]1C=C(c2ccccc2)c2ccccc21. The van der Waals surface area contributed by atoms with Crippen LogP contribution in [0.1, 0.15) is 113 Å². The molecule has 0 atom stereocenters. The molecule has 0 heterocycles. The van der Waals surface area contributed by atoms with Crippen molar-refractivity contribution in [1.82, 2.24) is 0 Å². The van der Waals surface area contributed by atoms with E-state index in [9.17, 15) is 0 Å². The molecule has 6 rings (SSSR count). The molecule has 2 aromatic rings. The third kappa shape index (κ3) is 7.26. The predicted molar refractivity (Wildman–Crippen MR) is 165 cm³/mol. The molecular formula is C33H44Cl2PRu+. The first kappa shape index (κ1) is 28.2. The van der Waals surface area contributed by atoms with E-state index >= 15 is 0 Å². The molecule has 3 saturated carbocycles. The Morgan fingerprint density at radius 3 is 1.43 bits per heavy atom. The van der Waals surface area contributed by atoms with Gasteiger partial charge in [0.2, 0.25) is 0 Å². The molecule has 2 aromatic carbocycles. The fraction of sp³-hybridized carbons (Fsp3) is 0.545. The molecule has 0 bridgehead atoms. The molecule has 0 radical (unpaired) electrons. The van der Waals surface area contributed by atoms with Crippen LogP contribution < -0.4 is 0 Å². The van der Waals surface area contributed by atoms with E-state index < -0.39 is 13.5 Å². The minimum absolute atomic E-state index is 0.0465. The van der Waals surface area contributed by atoms with Crippen LogP contribution in [0.3, 0.4) is 0 Å². The molecule has 0 aliphatic heterocycles. The molecule has 4 aliphatic rings.